The van der Waals surface area contributed by atoms with E-state index in [2.05, 4.69) is 4.74 Å². The molecule has 2 N–H and O–H groups in total. The van der Waals surface area contributed by atoms with E-state index in [0.717, 1.165) is 6.92 Å². The van der Waals surface area contributed by atoms with Gasteiger partial charge in [0.1, 0.15) is 0 Å². The van der Waals surface area contributed by atoms with Crippen molar-refractivity contribution < 1.29 is 32.6 Å². The number of aliphatic hydroxyl groups is 1. The van der Waals surface area contributed by atoms with Crippen molar-refractivity contribution in [2.75, 3.05) is 0 Å². The van der Waals surface area contributed by atoms with Gasteiger partial charge in [-0.1, -0.05) is 13.8 Å². The quantitative estimate of drug-likeness (QED) is 0.717. The van der Waals surface area contributed by atoms with Crippen molar-refractivity contribution in [3.63, 3.8) is 0 Å². The zero-order valence-electron chi connectivity index (χ0n) is 10.5. The van der Waals surface area contributed by atoms with Crippen LogP contribution >= 0.6 is 0 Å². The third-order valence-electron chi connectivity index (χ3n) is 3.98. The van der Waals surface area contributed by atoms with Crippen LogP contribution in [0, 0.1) is 11.8 Å². The molecule has 0 bridgehead atoms. The normalized spacial score (nSPS) is 39.5. The summed E-state index contributed by atoms with van der Waals surface area (Å²) in [4.78, 5) is 23.2. The lowest BCUT2D eigenvalue weighted by Gasteiger charge is -2.55. The summed E-state index contributed by atoms with van der Waals surface area (Å²) in [6, 6.07) is 0. The number of aliphatic hydroxyl groups excluding tert-OH is 1. The number of esters is 1. The smallest absolute Gasteiger partial charge is 0.432 e. The maximum absolute atomic E-state index is 13.3. The third-order valence-corrected chi connectivity index (χ3v) is 3.98. The summed E-state index contributed by atoms with van der Waals surface area (Å²) in [5.41, 5.74) is -5.42. The number of carbonyl (C=O) groups excluding carboxylic acids is 2. The molecule has 0 spiro atoms. The SMILES string of the molecule is CC(C)[C@H](O)C12NC(=O)C(C)[C@]1(C(F)(F)F)OC2=O. The van der Waals surface area contributed by atoms with Gasteiger partial charge < -0.3 is 15.2 Å². The number of carbonyl (C=O) groups is 2. The second-order valence-corrected chi connectivity index (χ2v) is 5.33. The Balaban J connectivity index is 2.62. The molecule has 1 amide bonds. The number of nitrogens with one attached hydrogen (secondary N) is 1. The molecule has 0 radical (unpaired) electrons. The molecule has 0 aromatic heterocycles. The molecule has 2 rings (SSSR count). The van der Waals surface area contributed by atoms with Gasteiger partial charge >= 0.3 is 12.1 Å². The molecule has 2 aliphatic heterocycles. The highest BCUT2D eigenvalue weighted by Crippen LogP contribution is 2.59. The maximum atomic E-state index is 13.3. The van der Waals surface area contributed by atoms with Crippen molar-refractivity contribution >= 4 is 11.9 Å². The van der Waals surface area contributed by atoms with Crippen LogP contribution < -0.4 is 5.32 Å². The van der Waals surface area contributed by atoms with E-state index in [-0.39, 0.29) is 0 Å². The molecular weight excluding hydrogens is 267 g/mol. The highest BCUT2D eigenvalue weighted by molar-refractivity contribution is 6.02. The van der Waals surface area contributed by atoms with Crippen molar-refractivity contribution in [3.8, 4) is 0 Å². The van der Waals surface area contributed by atoms with Crippen LogP contribution in [-0.2, 0) is 14.3 Å². The van der Waals surface area contributed by atoms with E-state index in [0.29, 0.717) is 0 Å². The van der Waals surface area contributed by atoms with E-state index in [1.807, 2.05) is 5.32 Å². The summed E-state index contributed by atoms with van der Waals surface area (Å²) in [7, 11) is 0. The van der Waals surface area contributed by atoms with Crippen molar-refractivity contribution in [2.45, 2.75) is 44.2 Å². The van der Waals surface area contributed by atoms with Gasteiger partial charge in [-0.3, -0.25) is 4.79 Å². The van der Waals surface area contributed by atoms with Crippen LogP contribution in [-0.4, -0.2) is 40.4 Å². The van der Waals surface area contributed by atoms with Crippen molar-refractivity contribution in [1.29, 1.82) is 0 Å². The number of hydrogen-bond donors (Lipinski definition) is 2. The van der Waals surface area contributed by atoms with Crippen molar-refractivity contribution in [3.05, 3.63) is 0 Å². The van der Waals surface area contributed by atoms with Crippen LogP contribution in [0.5, 0.6) is 0 Å². The lowest BCUT2D eigenvalue weighted by atomic mass is 9.65. The van der Waals surface area contributed by atoms with Crippen LogP contribution in [0.4, 0.5) is 13.2 Å². The lowest BCUT2D eigenvalue weighted by molar-refractivity contribution is -0.346. The van der Waals surface area contributed by atoms with Crippen LogP contribution in [0.15, 0.2) is 0 Å². The first kappa shape index (κ1) is 14.1. The van der Waals surface area contributed by atoms with E-state index < -0.39 is 47.1 Å². The van der Waals surface area contributed by atoms with Gasteiger partial charge in [-0.25, -0.2) is 4.79 Å². The molecular formula is C11H14F3NO4. The summed E-state index contributed by atoms with van der Waals surface area (Å²) in [6.45, 7) is 3.95. The molecule has 5 nitrogen and oxygen atoms in total. The number of alkyl halides is 3. The van der Waals surface area contributed by atoms with Gasteiger partial charge in [0.15, 0.2) is 0 Å². The van der Waals surface area contributed by atoms with E-state index >= 15 is 0 Å². The Morgan fingerprint density at radius 2 is 1.89 bits per heavy atom. The van der Waals surface area contributed by atoms with Crippen LogP contribution in [0.3, 0.4) is 0 Å². The summed E-state index contributed by atoms with van der Waals surface area (Å²) < 4.78 is 44.4. The summed E-state index contributed by atoms with van der Waals surface area (Å²) in [5.74, 6) is -4.45. The van der Waals surface area contributed by atoms with E-state index in [1.54, 1.807) is 0 Å². The number of ether oxygens (including phenoxy) is 1. The van der Waals surface area contributed by atoms with Crippen molar-refractivity contribution in [1.82, 2.24) is 5.32 Å². The van der Waals surface area contributed by atoms with Crippen LogP contribution in [0.2, 0.25) is 0 Å². The molecule has 0 aliphatic carbocycles. The first-order valence-corrected chi connectivity index (χ1v) is 5.82. The minimum Gasteiger partial charge on any atom is -0.443 e. The number of amides is 1. The Labute approximate surface area is 107 Å². The molecule has 0 saturated carbocycles. The Morgan fingerprint density at radius 1 is 1.37 bits per heavy atom. The fourth-order valence-electron chi connectivity index (χ4n) is 2.91. The number of rotatable bonds is 2. The molecule has 4 atom stereocenters. The van der Waals surface area contributed by atoms with Crippen LogP contribution in [0.1, 0.15) is 20.8 Å². The predicted molar refractivity (Wildman–Crippen MR) is 55.8 cm³/mol. The van der Waals surface area contributed by atoms with E-state index in [4.69, 9.17) is 0 Å². The highest BCUT2D eigenvalue weighted by Gasteiger charge is 2.89. The summed E-state index contributed by atoms with van der Waals surface area (Å²) in [6.07, 6.45) is -6.63. The number of hydrogen-bond acceptors (Lipinski definition) is 4. The molecule has 0 aromatic carbocycles. The Kier molecular flexibility index (Phi) is 2.69. The minimum atomic E-state index is -4.95. The molecule has 8 heteroatoms. The second kappa shape index (κ2) is 3.62. The maximum Gasteiger partial charge on any atom is 0.432 e. The first-order chi connectivity index (χ1) is 8.52. The second-order valence-electron chi connectivity index (χ2n) is 5.33. The lowest BCUT2D eigenvalue weighted by Crippen LogP contribution is -2.85. The average Bonchev–Trinajstić information content (AvgIpc) is 2.45. The van der Waals surface area contributed by atoms with Crippen LogP contribution in [0.25, 0.3) is 0 Å². The number of fused-ring (bicyclic) bond motifs is 1. The fourth-order valence-corrected chi connectivity index (χ4v) is 2.91. The van der Waals surface area contributed by atoms with Crippen molar-refractivity contribution in [2.24, 2.45) is 11.8 Å². The molecule has 2 aliphatic rings. The molecule has 19 heavy (non-hydrogen) atoms. The Hall–Kier alpha value is -1.31. The van der Waals surface area contributed by atoms with Gasteiger partial charge in [0.2, 0.25) is 11.4 Å². The largest absolute Gasteiger partial charge is 0.443 e. The monoisotopic (exact) mass is 281 g/mol. The molecule has 108 valence electrons. The molecule has 0 aromatic rings. The van der Waals surface area contributed by atoms with Gasteiger partial charge in [-0.2, -0.15) is 13.2 Å². The standard InChI is InChI=1S/C11H14F3NO4/c1-4(2)6(16)9-8(18)19-10(9,11(12,13)14)5(3)7(17)15-9/h4-6,16H,1-3H3,(H,15,17)/t5?,6-,9?,10-/m0/s1. The Morgan fingerprint density at radius 3 is 2.26 bits per heavy atom. The van der Waals surface area contributed by atoms with Gasteiger partial charge in [0.05, 0.1) is 12.0 Å². The predicted octanol–water partition coefficient (Wildman–Crippen LogP) is 0.366. The Bertz CT molecular complexity index is 450. The summed E-state index contributed by atoms with van der Waals surface area (Å²) in [5, 5.41) is 12.0. The first-order valence-electron chi connectivity index (χ1n) is 5.82. The fraction of sp³-hybridized carbons (Fsp3) is 0.818. The average molecular weight is 281 g/mol. The van der Waals surface area contributed by atoms with Gasteiger partial charge in [0.25, 0.3) is 5.60 Å². The zero-order valence-corrected chi connectivity index (χ0v) is 10.5. The van der Waals surface area contributed by atoms with Gasteiger partial charge in [-0.15, -0.1) is 0 Å². The molecule has 2 saturated heterocycles. The van der Waals surface area contributed by atoms with Gasteiger partial charge in [-0.05, 0) is 12.8 Å². The number of halogens is 3. The van der Waals surface area contributed by atoms with E-state index in [9.17, 15) is 27.9 Å². The molecule has 2 heterocycles. The third kappa shape index (κ3) is 1.30. The van der Waals surface area contributed by atoms with Gasteiger partial charge in [0, 0.05) is 0 Å². The highest BCUT2D eigenvalue weighted by atomic mass is 19.4. The molecule has 2 fully saturated rings. The topological polar surface area (TPSA) is 75.6 Å². The minimum absolute atomic E-state index is 0.653. The zero-order chi connectivity index (χ0) is 14.8. The molecule has 2 unspecified atom stereocenters. The van der Waals surface area contributed by atoms with E-state index in [1.165, 1.54) is 13.8 Å². The summed E-state index contributed by atoms with van der Waals surface area (Å²) >= 11 is 0.